The van der Waals surface area contributed by atoms with Gasteiger partial charge in [0.25, 0.3) is 5.91 Å². The molecule has 5 aromatic rings. The van der Waals surface area contributed by atoms with Crippen molar-refractivity contribution < 1.29 is 9.53 Å². The lowest BCUT2D eigenvalue weighted by atomic mass is 10.1. The van der Waals surface area contributed by atoms with Crippen LogP contribution in [0.5, 0.6) is 11.6 Å². The summed E-state index contributed by atoms with van der Waals surface area (Å²) in [6.45, 7) is 9.29. The fourth-order valence-corrected chi connectivity index (χ4v) is 5.70. The third-order valence-corrected chi connectivity index (χ3v) is 8.34. The first kappa shape index (κ1) is 27.0. The van der Waals surface area contributed by atoms with Gasteiger partial charge in [-0.25, -0.2) is 4.98 Å². The second-order valence-electron chi connectivity index (χ2n) is 10.5. The van der Waals surface area contributed by atoms with Gasteiger partial charge in [0, 0.05) is 61.9 Å². The summed E-state index contributed by atoms with van der Waals surface area (Å²) in [6, 6.07) is 17.4. The van der Waals surface area contributed by atoms with Crippen LogP contribution in [0, 0.1) is 13.8 Å². The SMILES string of the molecule is Cc1cc(NC(=O)c2cc(Oc3nc(-c4cccnc4)nc4ccsc34)ccc2C)ccc1CN1CCN(C)CC1. The molecule has 0 aliphatic carbocycles. The number of hydrogen-bond donors (Lipinski definition) is 1. The Morgan fingerprint density at radius 3 is 2.63 bits per heavy atom. The highest BCUT2D eigenvalue weighted by atomic mass is 32.1. The molecule has 1 N–H and O–H groups in total. The van der Waals surface area contributed by atoms with E-state index in [4.69, 9.17) is 9.72 Å². The highest BCUT2D eigenvalue weighted by Gasteiger charge is 2.17. The maximum absolute atomic E-state index is 13.4. The topological polar surface area (TPSA) is 83.5 Å². The third kappa shape index (κ3) is 6.12. The number of anilines is 1. The third-order valence-electron chi connectivity index (χ3n) is 7.45. The van der Waals surface area contributed by atoms with Crippen molar-refractivity contribution in [3.8, 4) is 23.0 Å². The van der Waals surface area contributed by atoms with Gasteiger partial charge in [-0.1, -0.05) is 12.1 Å². The zero-order chi connectivity index (χ0) is 28.3. The van der Waals surface area contributed by atoms with Gasteiger partial charge in [-0.2, -0.15) is 4.98 Å². The van der Waals surface area contributed by atoms with E-state index in [1.807, 2.05) is 54.8 Å². The molecule has 1 saturated heterocycles. The second kappa shape index (κ2) is 11.7. The van der Waals surface area contributed by atoms with E-state index in [9.17, 15) is 4.79 Å². The highest BCUT2D eigenvalue weighted by Crippen LogP contribution is 2.34. The van der Waals surface area contributed by atoms with Gasteiger partial charge in [0.1, 0.15) is 10.4 Å². The first-order chi connectivity index (χ1) is 19.9. The Kier molecular flexibility index (Phi) is 7.74. The van der Waals surface area contributed by atoms with Gasteiger partial charge in [0.05, 0.1) is 5.52 Å². The van der Waals surface area contributed by atoms with Gasteiger partial charge in [0.2, 0.25) is 5.88 Å². The predicted octanol–water partition coefficient (Wildman–Crippen LogP) is 6.16. The maximum atomic E-state index is 13.4. The molecule has 1 aliphatic heterocycles. The van der Waals surface area contributed by atoms with Gasteiger partial charge in [-0.15, -0.1) is 11.3 Å². The molecular weight excluding hydrogens is 532 g/mol. The number of fused-ring (bicyclic) bond motifs is 1. The van der Waals surface area contributed by atoms with Crippen molar-refractivity contribution in [2.45, 2.75) is 20.4 Å². The summed E-state index contributed by atoms with van der Waals surface area (Å²) in [7, 11) is 2.17. The molecule has 4 heterocycles. The quantitative estimate of drug-likeness (QED) is 0.253. The van der Waals surface area contributed by atoms with Crippen LogP contribution in [0.4, 0.5) is 5.69 Å². The number of thiophene rings is 1. The summed E-state index contributed by atoms with van der Waals surface area (Å²) in [5, 5.41) is 5.04. The van der Waals surface area contributed by atoms with E-state index < -0.39 is 0 Å². The average Bonchev–Trinajstić information content (AvgIpc) is 3.46. The molecule has 6 rings (SSSR count). The largest absolute Gasteiger partial charge is 0.437 e. The van der Waals surface area contributed by atoms with E-state index in [2.05, 4.69) is 45.1 Å². The molecule has 1 amide bonds. The zero-order valence-corrected chi connectivity index (χ0v) is 24.2. The van der Waals surface area contributed by atoms with Crippen molar-refractivity contribution in [1.82, 2.24) is 24.8 Å². The van der Waals surface area contributed by atoms with E-state index in [0.29, 0.717) is 23.0 Å². The van der Waals surface area contributed by atoms with E-state index in [0.717, 1.165) is 59.8 Å². The van der Waals surface area contributed by atoms with Crippen LogP contribution in [-0.2, 0) is 6.54 Å². The Balaban J connectivity index is 1.20. The number of likely N-dealkylation sites (N-methyl/N-ethyl adjacent to an activating group) is 1. The number of carbonyl (C=O) groups excluding carboxylic acids is 1. The minimum absolute atomic E-state index is 0.181. The van der Waals surface area contributed by atoms with Crippen LogP contribution in [0.3, 0.4) is 0 Å². The summed E-state index contributed by atoms with van der Waals surface area (Å²) in [6.07, 6.45) is 3.44. The first-order valence-corrected chi connectivity index (χ1v) is 14.6. The number of ether oxygens (including phenoxy) is 1. The van der Waals surface area contributed by atoms with Crippen molar-refractivity contribution in [3.05, 3.63) is 94.6 Å². The maximum Gasteiger partial charge on any atom is 0.256 e. The van der Waals surface area contributed by atoms with Crippen molar-refractivity contribution in [2.24, 2.45) is 0 Å². The summed E-state index contributed by atoms with van der Waals surface area (Å²) in [5.74, 6) is 1.34. The van der Waals surface area contributed by atoms with Gasteiger partial charge in [-0.05, 0) is 85.4 Å². The Hall–Kier alpha value is -4.18. The Morgan fingerprint density at radius 1 is 1.00 bits per heavy atom. The molecule has 9 heteroatoms. The van der Waals surface area contributed by atoms with Gasteiger partial charge >= 0.3 is 0 Å². The van der Waals surface area contributed by atoms with Crippen LogP contribution in [0.15, 0.2) is 72.4 Å². The van der Waals surface area contributed by atoms with Crippen LogP contribution in [0.25, 0.3) is 21.6 Å². The van der Waals surface area contributed by atoms with Gasteiger partial charge in [-0.3, -0.25) is 14.7 Å². The number of aromatic nitrogens is 3. The van der Waals surface area contributed by atoms with E-state index in [-0.39, 0.29) is 5.91 Å². The fourth-order valence-electron chi connectivity index (χ4n) is 4.95. The average molecular weight is 565 g/mol. The molecule has 0 unspecified atom stereocenters. The lowest BCUT2D eigenvalue weighted by molar-refractivity contribution is 0.102. The van der Waals surface area contributed by atoms with Crippen molar-refractivity contribution in [2.75, 3.05) is 38.5 Å². The standard InChI is InChI=1S/C32H32N6O2S/c1-21-6-9-26(40-32-29-28(10-16-41-29)35-30(36-32)23-5-4-11-33-19-23)18-27(21)31(39)34-25-8-7-24(22(2)17-25)20-38-14-12-37(3)13-15-38/h4-11,16-19H,12-15,20H2,1-3H3,(H,34,39). The number of nitrogens with zero attached hydrogens (tertiary/aromatic N) is 5. The molecule has 1 aliphatic rings. The minimum Gasteiger partial charge on any atom is -0.437 e. The van der Waals surface area contributed by atoms with E-state index in [1.165, 1.54) is 22.5 Å². The van der Waals surface area contributed by atoms with Crippen molar-refractivity contribution in [1.29, 1.82) is 0 Å². The Morgan fingerprint density at radius 2 is 1.85 bits per heavy atom. The van der Waals surface area contributed by atoms with Crippen molar-refractivity contribution in [3.63, 3.8) is 0 Å². The van der Waals surface area contributed by atoms with Gasteiger partial charge < -0.3 is 15.0 Å². The van der Waals surface area contributed by atoms with E-state index >= 15 is 0 Å². The molecule has 0 spiro atoms. The monoisotopic (exact) mass is 564 g/mol. The lowest BCUT2D eigenvalue weighted by Gasteiger charge is -2.32. The summed E-state index contributed by atoms with van der Waals surface area (Å²) in [4.78, 5) is 31.8. The number of aryl methyl sites for hydroxylation is 2. The molecule has 3 aromatic heterocycles. The first-order valence-electron chi connectivity index (χ1n) is 13.7. The number of benzene rings is 2. The number of pyridine rings is 1. The van der Waals surface area contributed by atoms with Crippen molar-refractivity contribution >= 4 is 33.1 Å². The van der Waals surface area contributed by atoms with Crippen LogP contribution in [0.1, 0.15) is 27.0 Å². The molecule has 0 atom stereocenters. The van der Waals surface area contributed by atoms with Crippen LogP contribution >= 0.6 is 11.3 Å². The number of hydrogen-bond acceptors (Lipinski definition) is 8. The summed E-state index contributed by atoms with van der Waals surface area (Å²) in [5.41, 5.74) is 6.24. The highest BCUT2D eigenvalue weighted by molar-refractivity contribution is 7.17. The normalized spacial score (nSPS) is 14.3. The summed E-state index contributed by atoms with van der Waals surface area (Å²) >= 11 is 1.52. The molecule has 0 radical (unpaired) electrons. The molecule has 0 saturated carbocycles. The molecule has 208 valence electrons. The minimum atomic E-state index is -0.181. The molecular formula is C32H32N6O2S. The Labute approximate surface area is 243 Å². The van der Waals surface area contributed by atoms with Crippen LogP contribution < -0.4 is 10.1 Å². The lowest BCUT2D eigenvalue weighted by Crippen LogP contribution is -2.43. The number of piperazine rings is 1. The number of nitrogens with one attached hydrogen (secondary N) is 1. The molecule has 8 nitrogen and oxygen atoms in total. The zero-order valence-electron chi connectivity index (χ0n) is 23.4. The Bertz CT molecular complexity index is 1700. The van der Waals surface area contributed by atoms with E-state index in [1.54, 1.807) is 18.5 Å². The molecule has 2 aromatic carbocycles. The smallest absolute Gasteiger partial charge is 0.256 e. The number of rotatable bonds is 7. The molecule has 1 fully saturated rings. The molecule has 0 bridgehead atoms. The van der Waals surface area contributed by atoms with Crippen LogP contribution in [0.2, 0.25) is 0 Å². The predicted molar refractivity (Wildman–Crippen MR) is 164 cm³/mol. The summed E-state index contributed by atoms with van der Waals surface area (Å²) < 4.78 is 7.12. The number of amides is 1. The molecule has 41 heavy (non-hydrogen) atoms. The van der Waals surface area contributed by atoms with Gasteiger partial charge in [0.15, 0.2) is 5.82 Å². The number of carbonyl (C=O) groups is 1. The second-order valence-corrected chi connectivity index (χ2v) is 11.4. The van der Waals surface area contributed by atoms with Crippen LogP contribution in [-0.4, -0.2) is 63.9 Å². The fraction of sp³-hybridized carbons (Fsp3) is 0.250.